The predicted molar refractivity (Wildman–Crippen MR) is 72.0 cm³/mol. The molecule has 0 aliphatic rings. The van der Waals surface area contributed by atoms with E-state index >= 15 is 0 Å². The summed E-state index contributed by atoms with van der Waals surface area (Å²) in [5, 5.41) is 0. The lowest BCUT2D eigenvalue weighted by Gasteiger charge is -2.17. The molecule has 0 aliphatic carbocycles. The lowest BCUT2D eigenvalue weighted by atomic mass is 10.1. The van der Waals surface area contributed by atoms with Gasteiger partial charge in [0.15, 0.2) is 0 Å². The van der Waals surface area contributed by atoms with Gasteiger partial charge in [0, 0.05) is 0 Å². The van der Waals surface area contributed by atoms with E-state index < -0.39 is 0 Å². The third-order valence-electron chi connectivity index (χ3n) is 2.37. The molecule has 0 N–H and O–H groups in total. The van der Waals surface area contributed by atoms with Crippen LogP contribution in [0.5, 0.6) is 11.5 Å². The fraction of sp³-hybridized carbons (Fsp3) is 0.600. The van der Waals surface area contributed by atoms with Crippen molar-refractivity contribution in [1.29, 1.82) is 0 Å². The topological polar surface area (TPSA) is 18.5 Å². The lowest BCUT2D eigenvalue weighted by molar-refractivity contribution is 0.237. The first-order valence-corrected chi connectivity index (χ1v) is 6.30. The summed E-state index contributed by atoms with van der Waals surface area (Å²) in [6.07, 6.45) is 0.204. The van der Waals surface area contributed by atoms with Gasteiger partial charge in [-0.15, -0.1) is 0 Å². The Labute approximate surface area is 105 Å². The van der Waals surface area contributed by atoms with Gasteiger partial charge >= 0.3 is 0 Å². The zero-order chi connectivity index (χ0) is 13.0. The molecule has 0 fully saturated rings. The van der Waals surface area contributed by atoms with E-state index in [1.807, 2.05) is 26.0 Å². The molecule has 0 amide bonds. The number of rotatable bonds is 5. The second kappa shape index (κ2) is 5.95. The number of aryl methyl sites for hydroxylation is 2. The normalized spacial score (nSPS) is 11.1. The molecule has 0 saturated carbocycles. The molecule has 0 heterocycles. The van der Waals surface area contributed by atoms with Crippen molar-refractivity contribution in [2.75, 3.05) is 6.61 Å². The first kappa shape index (κ1) is 13.9. The van der Waals surface area contributed by atoms with Crippen LogP contribution in [0.2, 0.25) is 0 Å². The highest BCUT2D eigenvalue weighted by molar-refractivity contribution is 5.46. The van der Waals surface area contributed by atoms with Gasteiger partial charge in [0.25, 0.3) is 0 Å². The summed E-state index contributed by atoms with van der Waals surface area (Å²) in [7, 11) is 0. The SMILES string of the molecule is Cc1cc(OCC(C)C)cc(C)c1OC(C)C. The molecular formula is C15H24O2. The highest BCUT2D eigenvalue weighted by Crippen LogP contribution is 2.29. The molecule has 0 aromatic heterocycles. The minimum Gasteiger partial charge on any atom is -0.493 e. The Hall–Kier alpha value is -1.18. The van der Waals surface area contributed by atoms with E-state index in [-0.39, 0.29) is 6.10 Å². The molecule has 0 spiro atoms. The number of hydrogen-bond acceptors (Lipinski definition) is 2. The van der Waals surface area contributed by atoms with Crippen molar-refractivity contribution >= 4 is 0 Å². The quantitative estimate of drug-likeness (QED) is 0.765. The van der Waals surface area contributed by atoms with Crippen molar-refractivity contribution in [2.24, 2.45) is 5.92 Å². The van der Waals surface area contributed by atoms with Crippen LogP contribution >= 0.6 is 0 Å². The van der Waals surface area contributed by atoms with E-state index in [9.17, 15) is 0 Å². The van der Waals surface area contributed by atoms with Crippen LogP contribution in [-0.4, -0.2) is 12.7 Å². The molecule has 0 aliphatic heterocycles. The van der Waals surface area contributed by atoms with Gasteiger partial charge in [-0.25, -0.2) is 0 Å². The average molecular weight is 236 g/mol. The van der Waals surface area contributed by atoms with E-state index in [1.54, 1.807) is 0 Å². The Kier molecular flexibility index (Phi) is 4.86. The maximum absolute atomic E-state index is 5.80. The first-order chi connectivity index (χ1) is 7.90. The Balaban J connectivity index is 2.85. The van der Waals surface area contributed by atoms with Crippen LogP contribution in [0.25, 0.3) is 0 Å². The van der Waals surface area contributed by atoms with E-state index in [1.165, 1.54) is 0 Å². The van der Waals surface area contributed by atoms with Gasteiger partial charge in [0.2, 0.25) is 0 Å². The first-order valence-electron chi connectivity index (χ1n) is 6.30. The van der Waals surface area contributed by atoms with Gasteiger partial charge in [0.1, 0.15) is 11.5 Å². The van der Waals surface area contributed by atoms with Crippen molar-refractivity contribution in [3.63, 3.8) is 0 Å². The van der Waals surface area contributed by atoms with Crippen LogP contribution in [0, 0.1) is 19.8 Å². The molecule has 0 atom stereocenters. The maximum Gasteiger partial charge on any atom is 0.125 e. The molecule has 2 nitrogen and oxygen atoms in total. The smallest absolute Gasteiger partial charge is 0.125 e. The number of benzene rings is 1. The Morgan fingerprint density at radius 1 is 1.00 bits per heavy atom. The summed E-state index contributed by atoms with van der Waals surface area (Å²) in [4.78, 5) is 0. The van der Waals surface area contributed by atoms with E-state index in [0.29, 0.717) is 5.92 Å². The zero-order valence-corrected chi connectivity index (χ0v) is 11.8. The standard InChI is InChI=1S/C15H24O2/c1-10(2)9-16-14-7-12(5)15(13(6)8-14)17-11(3)4/h7-8,10-11H,9H2,1-6H3. The van der Waals surface area contributed by atoms with Gasteiger partial charge in [-0.05, 0) is 56.9 Å². The molecule has 17 heavy (non-hydrogen) atoms. The van der Waals surface area contributed by atoms with Crippen molar-refractivity contribution < 1.29 is 9.47 Å². The van der Waals surface area contributed by atoms with Crippen LogP contribution < -0.4 is 9.47 Å². The average Bonchev–Trinajstić information content (AvgIpc) is 2.20. The summed E-state index contributed by atoms with van der Waals surface area (Å²) in [6, 6.07) is 4.10. The zero-order valence-electron chi connectivity index (χ0n) is 11.8. The molecule has 1 aromatic carbocycles. The van der Waals surface area contributed by atoms with Gasteiger partial charge in [-0.3, -0.25) is 0 Å². The molecule has 1 rings (SSSR count). The van der Waals surface area contributed by atoms with Crippen LogP contribution in [0.15, 0.2) is 12.1 Å². The maximum atomic E-state index is 5.80. The number of ether oxygens (including phenoxy) is 2. The van der Waals surface area contributed by atoms with E-state index in [0.717, 1.165) is 29.2 Å². The van der Waals surface area contributed by atoms with E-state index in [2.05, 4.69) is 27.7 Å². The molecule has 0 unspecified atom stereocenters. The Morgan fingerprint density at radius 2 is 1.53 bits per heavy atom. The third kappa shape index (κ3) is 4.29. The fourth-order valence-corrected chi connectivity index (χ4v) is 1.68. The van der Waals surface area contributed by atoms with Crippen molar-refractivity contribution in [1.82, 2.24) is 0 Å². The molecular weight excluding hydrogens is 212 g/mol. The second-order valence-corrected chi connectivity index (χ2v) is 5.26. The fourth-order valence-electron chi connectivity index (χ4n) is 1.68. The van der Waals surface area contributed by atoms with Crippen LogP contribution in [0.4, 0.5) is 0 Å². The summed E-state index contributed by atoms with van der Waals surface area (Å²) in [5.41, 5.74) is 2.27. The Bertz CT molecular complexity index is 344. The second-order valence-electron chi connectivity index (χ2n) is 5.26. The van der Waals surface area contributed by atoms with Crippen LogP contribution in [0.3, 0.4) is 0 Å². The summed E-state index contributed by atoms with van der Waals surface area (Å²) < 4.78 is 11.5. The monoisotopic (exact) mass is 236 g/mol. The van der Waals surface area contributed by atoms with Gasteiger partial charge in [-0.2, -0.15) is 0 Å². The minimum atomic E-state index is 0.204. The molecule has 2 heteroatoms. The van der Waals surface area contributed by atoms with Crippen LogP contribution in [-0.2, 0) is 0 Å². The van der Waals surface area contributed by atoms with Crippen molar-refractivity contribution in [3.05, 3.63) is 23.3 Å². The summed E-state index contributed by atoms with van der Waals surface area (Å²) in [6.45, 7) is 13.3. The largest absolute Gasteiger partial charge is 0.493 e. The van der Waals surface area contributed by atoms with Gasteiger partial charge in [-0.1, -0.05) is 13.8 Å². The van der Waals surface area contributed by atoms with E-state index in [4.69, 9.17) is 9.47 Å². The minimum absolute atomic E-state index is 0.204. The van der Waals surface area contributed by atoms with Crippen LogP contribution in [0.1, 0.15) is 38.8 Å². The summed E-state index contributed by atoms with van der Waals surface area (Å²) >= 11 is 0. The molecule has 0 radical (unpaired) electrons. The molecule has 0 bridgehead atoms. The Morgan fingerprint density at radius 3 is 1.94 bits per heavy atom. The highest BCUT2D eigenvalue weighted by atomic mass is 16.5. The summed E-state index contributed by atoms with van der Waals surface area (Å²) in [5.74, 6) is 2.46. The molecule has 96 valence electrons. The van der Waals surface area contributed by atoms with Gasteiger partial charge in [0.05, 0.1) is 12.7 Å². The lowest BCUT2D eigenvalue weighted by Crippen LogP contribution is -2.09. The van der Waals surface area contributed by atoms with Crippen molar-refractivity contribution in [3.8, 4) is 11.5 Å². The highest BCUT2D eigenvalue weighted by Gasteiger charge is 2.09. The predicted octanol–water partition coefficient (Wildman–Crippen LogP) is 4.13. The molecule has 0 saturated heterocycles. The third-order valence-corrected chi connectivity index (χ3v) is 2.37. The van der Waals surface area contributed by atoms with Gasteiger partial charge < -0.3 is 9.47 Å². The number of hydrogen-bond donors (Lipinski definition) is 0. The van der Waals surface area contributed by atoms with Crippen molar-refractivity contribution in [2.45, 2.75) is 47.6 Å². The molecule has 1 aromatic rings.